The van der Waals surface area contributed by atoms with Crippen LogP contribution < -0.4 is 4.90 Å². The number of anilines is 1. The zero-order valence-corrected chi connectivity index (χ0v) is 16.7. The minimum atomic E-state index is -0.863. The van der Waals surface area contributed by atoms with E-state index in [1.807, 2.05) is 38.1 Å². The number of aliphatic hydroxyl groups excluding tert-OH is 1. The topological polar surface area (TPSA) is 77.8 Å². The van der Waals surface area contributed by atoms with Crippen LogP contribution in [0.4, 0.5) is 5.69 Å². The van der Waals surface area contributed by atoms with Gasteiger partial charge in [-0.15, -0.1) is 0 Å². The molecule has 5 nitrogen and oxygen atoms in total. The lowest BCUT2D eigenvalue weighted by Crippen LogP contribution is -2.29. The molecule has 1 aliphatic heterocycles. The van der Waals surface area contributed by atoms with Crippen molar-refractivity contribution in [2.75, 3.05) is 4.90 Å². The summed E-state index contributed by atoms with van der Waals surface area (Å²) in [7, 11) is 0. The number of ketones is 1. The highest BCUT2D eigenvalue weighted by Gasteiger charge is 2.47. The van der Waals surface area contributed by atoms with E-state index in [0.717, 1.165) is 11.1 Å². The third-order valence-electron chi connectivity index (χ3n) is 5.24. The molecule has 2 N–H and O–H groups in total. The molecule has 1 fully saturated rings. The minimum Gasteiger partial charge on any atom is -0.507 e. The van der Waals surface area contributed by atoms with Gasteiger partial charge in [-0.1, -0.05) is 66.2 Å². The number of rotatable bonds is 3. The number of amides is 1. The van der Waals surface area contributed by atoms with Gasteiger partial charge >= 0.3 is 0 Å². The predicted molar refractivity (Wildman–Crippen MR) is 115 cm³/mol. The highest BCUT2D eigenvalue weighted by atomic mass is 16.3. The average molecular weight is 399 g/mol. The van der Waals surface area contributed by atoms with Crippen molar-refractivity contribution in [3.8, 4) is 5.75 Å². The summed E-state index contributed by atoms with van der Waals surface area (Å²) >= 11 is 0. The van der Waals surface area contributed by atoms with Gasteiger partial charge in [0, 0.05) is 5.56 Å². The summed E-state index contributed by atoms with van der Waals surface area (Å²) in [4.78, 5) is 27.5. The molecule has 5 heteroatoms. The highest BCUT2D eigenvalue weighted by Crippen LogP contribution is 2.45. The lowest BCUT2D eigenvalue weighted by Gasteiger charge is -2.26. The molecule has 1 saturated heterocycles. The van der Waals surface area contributed by atoms with Crippen molar-refractivity contribution in [2.45, 2.75) is 19.9 Å². The van der Waals surface area contributed by atoms with E-state index in [0.29, 0.717) is 11.1 Å². The van der Waals surface area contributed by atoms with Crippen LogP contribution >= 0.6 is 0 Å². The second kappa shape index (κ2) is 7.52. The van der Waals surface area contributed by atoms with Gasteiger partial charge in [-0.2, -0.15) is 0 Å². The van der Waals surface area contributed by atoms with Crippen LogP contribution in [0.2, 0.25) is 0 Å². The van der Waals surface area contributed by atoms with E-state index in [1.165, 1.54) is 11.0 Å². The van der Waals surface area contributed by atoms with Gasteiger partial charge in [0.05, 0.1) is 17.3 Å². The van der Waals surface area contributed by atoms with E-state index >= 15 is 0 Å². The molecule has 0 radical (unpaired) electrons. The molecule has 1 unspecified atom stereocenters. The third-order valence-corrected chi connectivity index (χ3v) is 5.24. The first-order valence-electron chi connectivity index (χ1n) is 9.61. The van der Waals surface area contributed by atoms with Crippen LogP contribution in [0.15, 0.2) is 78.4 Å². The maximum Gasteiger partial charge on any atom is 0.300 e. The fourth-order valence-electron chi connectivity index (χ4n) is 3.81. The number of hydrogen-bond donors (Lipinski definition) is 2. The van der Waals surface area contributed by atoms with Crippen molar-refractivity contribution in [3.63, 3.8) is 0 Å². The van der Waals surface area contributed by atoms with Gasteiger partial charge in [0.1, 0.15) is 11.5 Å². The summed E-state index contributed by atoms with van der Waals surface area (Å²) < 4.78 is 0. The summed E-state index contributed by atoms with van der Waals surface area (Å²) in [5.41, 5.74) is 3.13. The number of Topliss-reactive ketones (excluding diaryl/α,β-unsaturated/α-hetero) is 1. The summed E-state index contributed by atoms with van der Waals surface area (Å²) in [5, 5.41) is 21.5. The number of aromatic hydroxyl groups is 1. The molecule has 1 heterocycles. The zero-order valence-electron chi connectivity index (χ0n) is 16.7. The molecule has 150 valence electrons. The van der Waals surface area contributed by atoms with Gasteiger partial charge < -0.3 is 10.2 Å². The Balaban J connectivity index is 2.00. The molecular formula is C25H21NO4. The Kier molecular flexibility index (Phi) is 4.88. The standard InChI is InChI=1S/C25H21NO4/c1-15-7-6-10-18(13-15)22-21(23(28)17-8-4-3-5-9-17)24(29)25(30)26(22)19-14-16(2)11-12-20(19)27/h3-14,22,27-28H,1-2H3/b23-21+. The molecule has 1 atom stereocenters. The number of aryl methyl sites for hydroxylation is 2. The Morgan fingerprint density at radius 1 is 0.867 bits per heavy atom. The molecule has 0 aromatic heterocycles. The molecule has 0 saturated carbocycles. The third kappa shape index (κ3) is 3.24. The summed E-state index contributed by atoms with van der Waals surface area (Å²) in [5.74, 6) is -1.93. The number of phenols is 1. The van der Waals surface area contributed by atoms with Crippen LogP contribution in [-0.4, -0.2) is 21.9 Å². The Hall–Kier alpha value is -3.86. The smallest absolute Gasteiger partial charge is 0.300 e. The van der Waals surface area contributed by atoms with E-state index in [2.05, 4.69) is 0 Å². The minimum absolute atomic E-state index is 0.00212. The molecule has 0 bridgehead atoms. The van der Waals surface area contributed by atoms with Gasteiger partial charge in [0.25, 0.3) is 11.7 Å². The zero-order chi connectivity index (χ0) is 21.4. The first kappa shape index (κ1) is 19.5. The Morgan fingerprint density at radius 2 is 1.57 bits per heavy atom. The lowest BCUT2D eigenvalue weighted by molar-refractivity contribution is -0.132. The van der Waals surface area contributed by atoms with E-state index in [-0.39, 0.29) is 22.8 Å². The first-order valence-corrected chi connectivity index (χ1v) is 9.61. The van der Waals surface area contributed by atoms with Crippen LogP contribution in [-0.2, 0) is 9.59 Å². The monoisotopic (exact) mass is 399 g/mol. The van der Waals surface area contributed by atoms with Crippen molar-refractivity contribution in [2.24, 2.45) is 0 Å². The van der Waals surface area contributed by atoms with Crippen molar-refractivity contribution >= 4 is 23.1 Å². The molecule has 3 aromatic rings. The molecule has 1 aliphatic rings. The Morgan fingerprint density at radius 3 is 2.27 bits per heavy atom. The van der Waals surface area contributed by atoms with Gasteiger partial charge in [-0.25, -0.2) is 0 Å². The van der Waals surface area contributed by atoms with Gasteiger partial charge in [0.2, 0.25) is 0 Å². The Labute approximate surface area is 174 Å². The molecule has 0 aliphatic carbocycles. The van der Waals surface area contributed by atoms with E-state index < -0.39 is 17.7 Å². The number of carbonyl (C=O) groups excluding carboxylic acids is 2. The summed E-state index contributed by atoms with van der Waals surface area (Å²) in [6.07, 6.45) is 0. The number of carbonyl (C=O) groups is 2. The predicted octanol–water partition coefficient (Wildman–Crippen LogP) is 4.64. The summed E-state index contributed by atoms with van der Waals surface area (Å²) in [6, 6.07) is 20.1. The molecule has 4 rings (SSSR count). The summed E-state index contributed by atoms with van der Waals surface area (Å²) in [6.45, 7) is 3.75. The lowest BCUT2D eigenvalue weighted by atomic mass is 9.94. The SMILES string of the molecule is Cc1cccc(C2/C(=C(\O)c3ccccc3)C(=O)C(=O)N2c2cc(C)ccc2O)c1. The number of nitrogens with zero attached hydrogens (tertiary/aromatic N) is 1. The van der Waals surface area contributed by atoms with E-state index in [1.54, 1.807) is 42.5 Å². The van der Waals surface area contributed by atoms with E-state index in [4.69, 9.17) is 0 Å². The largest absolute Gasteiger partial charge is 0.507 e. The second-order valence-electron chi connectivity index (χ2n) is 7.44. The van der Waals surface area contributed by atoms with Gasteiger partial charge in [0.15, 0.2) is 0 Å². The van der Waals surface area contributed by atoms with Crippen molar-refractivity contribution in [1.29, 1.82) is 0 Å². The van der Waals surface area contributed by atoms with Gasteiger partial charge in [-0.05, 0) is 37.1 Å². The van der Waals surface area contributed by atoms with Crippen molar-refractivity contribution < 1.29 is 19.8 Å². The molecule has 30 heavy (non-hydrogen) atoms. The number of aliphatic hydroxyl groups is 1. The fraction of sp³-hybridized carbons (Fsp3) is 0.120. The van der Waals surface area contributed by atoms with Crippen molar-refractivity contribution in [3.05, 3.63) is 101 Å². The van der Waals surface area contributed by atoms with Crippen LogP contribution in [0, 0.1) is 13.8 Å². The number of benzene rings is 3. The van der Waals surface area contributed by atoms with Crippen LogP contribution in [0.1, 0.15) is 28.3 Å². The van der Waals surface area contributed by atoms with Crippen LogP contribution in [0.5, 0.6) is 5.75 Å². The number of hydrogen-bond acceptors (Lipinski definition) is 4. The normalized spacial score (nSPS) is 18.1. The molecule has 1 amide bonds. The highest BCUT2D eigenvalue weighted by molar-refractivity contribution is 6.51. The molecule has 3 aromatic carbocycles. The van der Waals surface area contributed by atoms with Crippen LogP contribution in [0.25, 0.3) is 5.76 Å². The van der Waals surface area contributed by atoms with E-state index in [9.17, 15) is 19.8 Å². The maximum absolute atomic E-state index is 13.1. The average Bonchev–Trinajstić information content (AvgIpc) is 3.01. The molecular weight excluding hydrogens is 378 g/mol. The van der Waals surface area contributed by atoms with Crippen LogP contribution in [0.3, 0.4) is 0 Å². The second-order valence-corrected chi connectivity index (χ2v) is 7.44. The maximum atomic E-state index is 13.1. The Bertz CT molecular complexity index is 1180. The van der Waals surface area contributed by atoms with Crippen molar-refractivity contribution in [1.82, 2.24) is 0 Å². The first-order chi connectivity index (χ1) is 14.4. The van der Waals surface area contributed by atoms with Gasteiger partial charge in [-0.3, -0.25) is 14.5 Å². The quantitative estimate of drug-likeness (QED) is 0.382. The molecule has 0 spiro atoms. The fourth-order valence-corrected chi connectivity index (χ4v) is 3.81. The number of phenolic OH excluding ortho intramolecular Hbond substituents is 1.